The predicted octanol–water partition coefficient (Wildman–Crippen LogP) is 2.47. The molecule has 0 aliphatic carbocycles. The maximum Gasteiger partial charge on any atom is 0.334 e. The fourth-order valence-electron chi connectivity index (χ4n) is 1.89. The fraction of sp³-hybridized carbons (Fsp3) is 0.143. The number of carbonyl (C=O) groups excluding carboxylic acids is 1. The first-order valence-corrected chi connectivity index (χ1v) is 7.08. The molecule has 0 aliphatic heterocycles. The molecule has 0 saturated carbocycles. The molecule has 7 nitrogen and oxygen atoms in total. The van der Waals surface area contributed by atoms with E-state index in [9.17, 15) is 19.7 Å². The van der Waals surface area contributed by atoms with Gasteiger partial charge in [0.25, 0.3) is 0 Å². The zero-order valence-corrected chi connectivity index (χ0v) is 13.2. The molecule has 22 heavy (non-hydrogen) atoms. The van der Waals surface area contributed by atoms with E-state index >= 15 is 0 Å². The van der Waals surface area contributed by atoms with Crippen LogP contribution in [0.4, 0.5) is 11.4 Å². The first-order chi connectivity index (χ1) is 10.4. The van der Waals surface area contributed by atoms with Crippen molar-refractivity contribution in [1.29, 1.82) is 0 Å². The van der Waals surface area contributed by atoms with Crippen molar-refractivity contribution in [3.05, 3.63) is 67.0 Å². The summed E-state index contributed by atoms with van der Waals surface area (Å²) in [7, 11) is 0. The van der Waals surface area contributed by atoms with Gasteiger partial charge in [0, 0.05) is 16.2 Å². The Hall–Kier alpha value is -2.48. The van der Waals surface area contributed by atoms with E-state index < -0.39 is 22.1 Å². The van der Waals surface area contributed by atoms with Crippen LogP contribution in [0.3, 0.4) is 0 Å². The molecule has 0 fully saturated rings. The van der Waals surface area contributed by atoms with Gasteiger partial charge in [-0.15, -0.1) is 0 Å². The lowest BCUT2D eigenvalue weighted by atomic mass is 10.3. The predicted molar refractivity (Wildman–Crippen MR) is 84.9 cm³/mol. The molecule has 0 bridgehead atoms. The van der Waals surface area contributed by atoms with Gasteiger partial charge < -0.3 is 5.32 Å². The molecule has 1 aromatic heterocycles. The van der Waals surface area contributed by atoms with E-state index in [0.717, 1.165) is 10.6 Å². The molecule has 114 valence electrons. The largest absolute Gasteiger partial charge is 0.334 e. The van der Waals surface area contributed by atoms with Gasteiger partial charge in [0.15, 0.2) is 0 Å². The van der Waals surface area contributed by atoms with Crippen LogP contribution in [-0.4, -0.2) is 15.4 Å². The van der Waals surface area contributed by atoms with Crippen LogP contribution in [0.25, 0.3) is 0 Å². The number of amides is 1. The van der Waals surface area contributed by atoms with Crippen molar-refractivity contribution in [1.82, 2.24) is 4.57 Å². The molecule has 1 amide bonds. The quantitative estimate of drug-likeness (QED) is 0.664. The third-order valence-electron chi connectivity index (χ3n) is 3.02. The number of carbonyl (C=O) groups is 1. The summed E-state index contributed by atoms with van der Waals surface area (Å²) in [4.78, 5) is 34.1. The van der Waals surface area contributed by atoms with Crippen molar-refractivity contribution in [2.24, 2.45) is 0 Å². The number of nitro groups is 1. The number of aromatic nitrogens is 1. The maximum absolute atomic E-state index is 12.1. The maximum atomic E-state index is 12.1. The minimum Gasteiger partial charge on any atom is -0.324 e. The van der Waals surface area contributed by atoms with Gasteiger partial charge in [-0.2, -0.15) is 0 Å². The Morgan fingerprint density at radius 2 is 2.00 bits per heavy atom. The molecule has 0 spiro atoms. The van der Waals surface area contributed by atoms with E-state index in [1.807, 2.05) is 0 Å². The topological polar surface area (TPSA) is 94.2 Å². The van der Waals surface area contributed by atoms with Crippen molar-refractivity contribution in [3.8, 4) is 0 Å². The van der Waals surface area contributed by atoms with Crippen LogP contribution in [-0.2, 0) is 11.3 Å². The first kappa shape index (κ1) is 15.9. The van der Waals surface area contributed by atoms with Gasteiger partial charge >= 0.3 is 11.2 Å². The fourth-order valence-corrected chi connectivity index (χ4v) is 2.27. The number of hydrogen-bond acceptors (Lipinski definition) is 4. The highest BCUT2D eigenvalue weighted by Gasteiger charge is 2.17. The summed E-state index contributed by atoms with van der Waals surface area (Å²) in [5.41, 5.74) is -0.326. The van der Waals surface area contributed by atoms with Crippen molar-refractivity contribution in [3.63, 3.8) is 0 Å². The molecule has 1 aromatic carbocycles. The Morgan fingerprint density at radius 1 is 1.32 bits per heavy atom. The molecule has 2 rings (SSSR count). The Balaban J connectivity index is 2.26. The minimum atomic E-state index is -0.799. The summed E-state index contributed by atoms with van der Waals surface area (Å²) in [6, 6.07) is 9.59. The van der Waals surface area contributed by atoms with Gasteiger partial charge in [-0.1, -0.05) is 12.1 Å². The average molecular weight is 366 g/mol. The van der Waals surface area contributed by atoms with Gasteiger partial charge in [-0.3, -0.25) is 24.3 Å². The second kappa shape index (κ2) is 6.52. The van der Waals surface area contributed by atoms with Crippen LogP contribution in [0.15, 0.2) is 45.7 Å². The Labute approximate surface area is 133 Å². The van der Waals surface area contributed by atoms with Crippen LogP contribution in [0, 0.1) is 17.0 Å². The number of para-hydroxylation sites is 1. The van der Waals surface area contributed by atoms with Crippen molar-refractivity contribution < 1.29 is 9.72 Å². The van der Waals surface area contributed by atoms with Crippen LogP contribution >= 0.6 is 15.9 Å². The van der Waals surface area contributed by atoms with E-state index in [0.29, 0.717) is 15.9 Å². The highest BCUT2D eigenvalue weighted by Crippen LogP contribution is 2.21. The minimum absolute atomic E-state index is 0.298. The zero-order valence-electron chi connectivity index (χ0n) is 11.6. The van der Waals surface area contributed by atoms with Gasteiger partial charge in [-0.05, 0) is 41.1 Å². The Morgan fingerprint density at radius 3 is 2.64 bits per heavy atom. The second-order valence-corrected chi connectivity index (χ2v) is 5.39. The standard InChI is InChI=1S/C14H12BrN3O4/c1-9-6-7-12(18(21)22)14(20)17(9)8-13(19)16-11-5-3-2-4-10(11)15/h2-7H,8H2,1H3,(H,16,19). The lowest BCUT2D eigenvalue weighted by Gasteiger charge is -2.11. The first-order valence-electron chi connectivity index (χ1n) is 6.29. The Kier molecular flexibility index (Phi) is 4.71. The van der Waals surface area contributed by atoms with Crippen LogP contribution < -0.4 is 10.9 Å². The average Bonchev–Trinajstić information content (AvgIpc) is 2.45. The smallest absolute Gasteiger partial charge is 0.324 e. The molecule has 1 N–H and O–H groups in total. The molecule has 0 atom stereocenters. The number of benzene rings is 1. The number of aryl methyl sites for hydroxylation is 1. The summed E-state index contributed by atoms with van der Waals surface area (Å²) in [5, 5.41) is 13.4. The molecule has 0 unspecified atom stereocenters. The number of nitrogens with one attached hydrogen (secondary N) is 1. The molecule has 2 aromatic rings. The lowest BCUT2D eigenvalue weighted by molar-refractivity contribution is -0.386. The van der Waals surface area contributed by atoms with E-state index in [1.165, 1.54) is 6.07 Å². The van der Waals surface area contributed by atoms with E-state index in [1.54, 1.807) is 31.2 Å². The van der Waals surface area contributed by atoms with E-state index in [-0.39, 0.29) is 6.54 Å². The number of pyridine rings is 1. The summed E-state index contributed by atoms with van der Waals surface area (Å²) in [6.07, 6.45) is 0. The number of anilines is 1. The van der Waals surface area contributed by atoms with Gasteiger partial charge in [-0.25, -0.2) is 0 Å². The molecule has 0 saturated heterocycles. The summed E-state index contributed by atoms with van der Waals surface area (Å²) in [6.45, 7) is 1.31. The van der Waals surface area contributed by atoms with Crippen molar-refractivity contribution in [2.75, 3.05) is 5.32 Å². The van der Waals surface area contributed by atoms with Gasteiger partial charge in [0.1, 0.15) is 6.54 Å². The second-order valence-electron chi connectivity index (χ2n) is 4.54. The number of rotatable bonds is 4. The monoisotopic (exact) mass is 365 g/mol. The third kappa shape index (κ3) is 3.40. The molecule has 1 heterocycles. The highest BCUT2D eigenvalue weighted by molar-refractivity contribution is 9.10. The number of nitrogens with zero attached hydrogens (tertiary/aromatic N) is 2. The van der Waals surface area contributed by atoms with Gasteiger partial charge in [0.2, 0.25) is 5.91 Å². The molecular weight excluding hydrogens is 354 g/mol. The summed E-state index contributed by atoms with van der Waals surface area (Å²) in [5.74, 6) is -0.447. The molecule has 0 radical (unpaired) electrons. The van der Waals surface area contributed by atoms with Gasteiger partial charge in [0.05, 0.1) is 10.6 Å². The summed E-state index contributed by atoms with van der Waals surface area (Å²) >= 11 is 3.30. The van der Waals surface area contributed by atoms with Crippen LogP contribution in [0.2, 0.25) is 0 Å². The Bertz CT molecular complexity index is 801. The normalized spacial score (nSPS) is 10.3. The summed E-state index contributed by atoms with van der Waals surface area (Å²) < 4.78 is 1.77. The molecular formula is C14H12BrN3O4. The van der Waals surface area contributed by atoms with Crippen molar-refractivity contribution in [2.45, 2.75) is 13.5 Å². The molecule has 8 heteroatoms. The van der Waals surface area contributed by atoms with Crippen LogP contribution in [0.5, 0.6) is 0 Å². The molecule has 0 aliphatic rings. The van der Waals surface area contributed by atoms with Crippen molar-refractivity contribution >= 4 is 33.2 Å². The zero-order chi connectivity index (χ0) is 16.3. The van der Waals surface area contributed by atoms with E-state index in [4.69, 9.17) is 0 Å². The number of hydrogen-bond donors (Lipinski definition) is 1. The van der Waals surface area contributed by atoms with Crippen LogP contribution in [0.1, 0.15) is 5.69 Å². The lowest BCUT2D eigenvalue weighted by Crippen LogP contribution is -2.30. The SMILES string of the molecule is Cc1ccc([N+](=O)[O-])c(=O)n1CC(=O)Nc1ccccc1Br. The number of halogens is 1. The van der Waals surface area contributed by atoms with E-state index in [2.05, 4.69) is 21.2 Å². The third-order valence-corrected chi connectivity index (χ3v) is 3.71. The highest BCUT2D eigenvalue weighted by atomic mass is 79.9.